The van der Waals surface area contributed by atoms with Gasteiger partial charge in [0.05, 0.1) is 6.01 Å². The van der Waals surface area contributed by atoms with Crippen LogP contribution in [0.25, 0.3) is 0 Å². The third kappa shape index (κ3) is 5.52. The summed E-state index contributed by atoms with van der Waals surface area (Å²) < 4.78 is 78.7. The van der Waals surface area contributed by atoms with Gasteiger partial charge in [0.1, 0.15) is 0 Å². The molecule has 0 aliphatic rings. The monoisotopic (exact) mass is 330 g/mol. The van der Waals surface area contributed by atoms with Gasteiger partial charge in [-0.2, -0.15) is 26.3 Å². The van der Waals surface area contributed by atoms with Crippen molar-refractivity contribution in [3.05, 3.63) is 11.6 Å². The summed E-state index contributed by atoms with van der Waals surface area (Å²) in [5.41, 5.74) is -3.64. The fourth-order valence-corrected chi connectivity index (χ4v) is 0.384. The molecule has 0 radical (unpaired) electrons. The van der Waals surface area contributed by atoms with Gasteiger partial charge in [0.2, 0.25) is 0 Å². The summed E-state index contributed by atoms with van der Waals surface area (Å²) in [6.07, 6.45) is -12.0. The molecule has 13 heavy (non-hydrogen) atoms. The Morgan fingerprint density at radius 1 is 0.846 bits per heavy atom. The van der Waals surface area contributed by atoms with Crippen molar-refractivity contribution in [3.8, 4) is 0 Å². The SMILES string of the molecule is [Cs+].[O-]C(F)=C(C(F)(F)F)C(F)(F)F. The Balaban J connectivity index is 0. The van der Waals surface area contributed by atoms with Crippen LogP contribution in [0.4, 0.5) is 30.7 Å². The predicted octanol–water partition coefficient (Wildman–Crippen LogP) is -1.34. The van der Waals surface area contributed by atoms with Gasteiger partial charge in [0.15, 0.2) is 5.57 Å². The van der Waals surface area contributed by atoms with E-state index in [2.05, 4.69) is 0 Å². The number of hydrogen-bond acceptors (Lipinski definition) is 1. The Kier molecular flexibility index (Phi) is 6.69. The number of rotatable bonds is 0. The van der Waals surface area contributed by atoms with Crippen LogP contribution in [0.2, 0.25) is 0 Å². The summed E-state index contributed by atoms with van der Waals surface area (Å²) in [7, 11) is 0. The third-order valence-electron chi connectivity index (χ3n) is 0.763. The molecule has 0 spiro atoms. The maximum absolute atomic E-state index is 11.2. The Hall–Kier alpha value is 1.10. The zero-order valence-electron chi connectivity index (χ0n) is 6.05. The normalized spacial score (nSPS) is 11.9. The number of hydrogen-bond donors (Lipinski definition) is 0. The van der Waals surface area contributed by atoms with E-state index in [1.807, 2.05) is 0 Å². The predicted molar refractivity (Wildman–Crippen MR) is 20.2 cm³/mol. The van der Waals surface area contributed by atoms with E-state index in [4.69, 9.17) is 0 Å². The maximum Gasteiger partial charge on any atom is 1.00 e. The van der Waals surface area contributed by atoms with Crippen molar-refractivity contribution >= 4 is 0 Å². The summed E-state index contributed by atoms with van der Waals surface area (Å²) >= 11 is 0. The summed E-state index contributed by atoms with van der Waals surface area (Å²) in [6, 6.07) is -3.53. The van der Waals surface area contributed by atoms with E-state index in [-0.39, 0.29) is 68.9 Å². The number of allylic oxidation sites excluding steroid dienone is 1. The molecule has 0 amide bonds. The summed E-state index contributed by atoms with van der Waals surface area (Å²) in [4.78, 5) is 0. The molecule has 0 aromatic carbocycles. The first-order valence-corrected chi connectivity index (χ1v) is 2.28. The molecule has 0 aromatic heterocycles. The Labute approximate surface area is 126 Å². The van der Waals surface area contributed by atoms with Gasteiger partial charge in [0.25, 0.3) is 0 Å². The average molecular weight is 330 g/mol. The van der Waals surface area contributed by atoms with E-state index < -0.39 is 23.9 Å². The van der Waals surface area contributed by atoms with Crippen LogP contribution >= 0.6 is 0 Å². The van der Waals surface area contributed by atoms with E-state index >= 15 is 0 Å². The van der Waals surface area contributed by atoms with Gasteiger partial charge in [-0.05, 0) is 0 Å². The molecule has 0 rings (SSSR count). The molecule has 0 saturated heterocycles. The second kappa shape index (κ2) is 5.26. The van der Waals surface area contributed by atoms with E-state index in [1.54, 1.807) is 0 Å². The molecule has 0 unspecified atom stereocenters. The smallest absolute Gasteiger partial charge is 0.851 e. The molecule has 9 heteroatoms. The van der Waals surface area contributed by atoms with E-state index in [9.17, 15) is 35.8 Å². The largest absolute Gasteiger partial charge is 1.00 e. The molecular weight excluding hydrogens is 330 g/mol. The minimum absolute atomic E-state index is 0. The van der Waals surface area contributed by atoms with Gasteiger partial charge in [-0.3, -0.25) is 0 Å². The van der Waals surface area contributed by atoms with Crippen LogP contribution < -0.4 is 74.0 Å². The molecular formula is C4CsF7O. The van der Waals surface area contributed by atoms with Crippen molar-refractivity contribution in [1.29, 1.82) is 0 Å². The first-order valence-electron chi connectivity index (χ1n) is 2.28. The molecule has 0 aromatic rings. The van der Waals surface area contributed by atoms with Gasteiger partial charge >= 0.3 is 81.2 Å². The molecule has 0 heterocycles. The van der Waals surface area contributed by atoms with Gasteiger partial charge in [-0.25, -0.2) is 4.39 Å². The Morgan fingerprint density at radius 2 is 1.08 bits per heavy atom. The average Bonchev–Trinajstić information content (AvgIpc) is 1.49. The van der Waals surface area contributed by atoms with E-state index in [0.717, 1.165) is 0 Å². The molecule has 0 atom stereocenters. The van der Waals surface area contributed by atoms with Crippen molar-refractivity contribution in [2.75, 3.05) is 0 Å². The van der Waals surface area contributed by atoms with Crippen LogP contribution in [0.15, 0.2) is 11.6 Å². The number of alkyl halides is 6. The van der Waals surface area contributed by atoms with Gasteiger partial charge in [-0.1, -0.05) is 0 Å². The number of halogens is 7. The van der Waals surface area contributed by atoms with Crippen LogP contribution in [0, 0.1) is 0 Å². The van der Waals surface area contributed by atoms with Gasteiger partial charge < -0.3 is 5.11 Å². The second-order valence-corrected chi connectivity index (χ2v) is 1.64. The maximum atomic E-state index is 11.2. The topological polar surface area (TPSA) is 23.1 Å². The molecule has 0 aliphatic heterocycles. The summed E-state index contributed by atoms with van der Waals surface area (Å²) in [5.74, 6) is 0. The van der Waals surface area contributed by atoms with Gasteiger partial charge in [0, 0.05) is 0 Å². The van der Waals surface area contributed by atoms with Crippen LogP contribution in [0.1, 0.15) is 0 Å². The summed E-state index contributed by atoms with van der Waals surface area (Å²) in [5, 5.41) is 9.29. The zero-order chi connectivity index (χ0) is 10.2. The van der Waals surface area contributed by atoms with Crippen molar-refractivity contribution in [2.24, 2.45) is 0 Å². The van der Waals surface area contributed by atoms with Crippen LogP contribution in [0.3, 0.4) is 0 Å². The molecule has 0 bridgehead atoms. The molecule has 0 N–H and O–H groups in total. The second-order valence-electron chi connectivity index (χ2n) is 1.64. The fraction of sp³-hybridized carbons (Fsp3) is 0.500. The quantitative estimate of drug-likeness (QED) is 0.398. The fourth-order valence-electron chi connectivity index (χ4n) is 0.384. The third-order valence-corrected chi connectivity index (χ3v) is 0.763. The van der Waals surface area contributed by atoms with Crippen LogP contribution in [0.5, 0.6) is 0 Å². The van der Waals surface area contributed by atoms with Crippen LogP contribution in [-0.2, 0) is 0 Å². The van der Waals surface area contributed by atoms with Crippen molar-refractivity contribution in [3.63, 3.8) is 0 Å². The molecule has 0 fully saturated rings. The van der Waals surface area contributed by atoms with E-state index in [1.165, 1.54) is 0 Å². The summed E-state index contributed by atoms with van der Waals surface area (Å²) in [6.45, 7) is 0. The van der Waals surface area contributed by atoms with Crippen molar-refractivity contribution in [2.45, 2.75) is 12.4 Å². The first kappa shape index (κ1) is 16.5. The molecule has 0 saturated carbocycles. The van der Waals surface area contributed by atoms with Crippen LogP contribution in [-0.4, -0.2) is 12.4 Å². The minimum atomic E-state index is -6.01. The Bertz CT molecular complexity index is 182. The standard InChI is InChI=1S/C4HF7O.Cs/c5-2(12)1(3(6,7)8)4(9,10)11;/h12H;/q;+1/p-1. The zero-order valence-corrected chi connectivity index (χ0v) is 12.3. The molecule has 0 aliphatic carbocycles. The Morgan fingerprint density at radius 3 is 1.08 bits per heavy atom. The van der Waals surface area contributed by atoms with E-state index in [0.29, 0.717) is 0 Å². The van der Waals surface area contributed by atoms with Gasteiger partial charge in [-0.15, -0.1) is 0 Å². The minimum Gasteiger partial charge on any atom is -0.851 e. The molecule has 1 nitrogen and oxygen atoms in total. The molecule has 72 valence electrons. The van der Waals surface area contributed by atoms with Crippen molar-refractivity contribution in [1.82, 2.24) is 0 Å². The van der Waals surface area contributed by atoms with Crippen molar-refractivity contribution < 1.29 is 105 Å². The first-order chi connectivity index (χ1) is 5.07.